The highest BCUT2D eigenvalue weighted by atomic mass is 15.1. The smallest absolute Gasteiger partial charge is 0.0442 e. The molecule has 1 aromatic heterocycles. The van der Waals surface area contributed by atoms with Crippen molar-refractivity contribution >= 4 is 5.69 Å². The molecule has 0 aromatic carbocycles. The Kier molecular flexibility index (Phi) is 4.59. The zero-order valence-corrected chi connectivity index (χ0v) is 11.8. The Balaban J connectivity index is 2.05. The first-order valence-electron chi connectivity index (χ1n) is 7.04. The molecule has 1 saturated heterocycles. The van der Waals surface area contributed by atoms with Gasteiger partial charge in [-0.25, -0.2) is 0 Å². The average Bonchev–Trinajstić information content (AvgIpc) is 2.40. The van der Waals surface area contributed by atoms with Gasteiger partial charge in [0.15, 0.2) is 0 Å². The van der Waals surface area contributed by atoms with E-state index in [-0.39, 0.29) is 0 Å². The summed E-state index contributed by atoms with van der Waals surface area (Å²) in [6.07, 6.45) is 6.53. The fourth-order valence-electron chi connectivity index (χ4n) is 2.86. The Bertz CT molecular complexity index is 368. The molecule has 2 rings (SSSR count). The Morgan fingerprint density at radius 2 is 2.11 bits per heavy atom. The van der Waals surface area contributed by atoms with Crippen LogP contribution in [0.5, 0.6) is 0 Å². The number of nitrogens with zero attached hydrogens (tertiary/aromatic N) is 2. The summed E-state index contributed by atoms with van der Waals surface area (Å²) in [4.78, 5) is 6.76. The second-order valence-corrected chi connectivity index (χ2v) is 5.60. The summed E-state index contributed by atoms with van der Waals surface area (Å²) in [5.41, 5.74) is 2.67. The van der Waals surface area contributed by atoms with Crippen LogP contribution < -0.4 is 10.2 Å². The number of rotatable bonds is 4. The Labute approximate surface area is 111 Å². The molecule has 0 spiro atoms. The van der Waals surface area contributed by atoms with E-state index in [0.717, 1.165) is 18.4 Å². The number of nitrogens with one attached hydrogen (secondary N) is 1. The lowest BCUT2D eigenvalue weighted by Gasteiger charge is -2.36. The third kappa shape index (κ3) is 3.02. The number of anilines is 1. The zero-order valence-electron chi connectivity index (χ0n) is 11.8. The number of hydrogen-bond donors (Lipinski definition) is 1. The molecule has 0 radical (unpaired) electrons. The maximum atomic E-state index is 4.24. The Hall–Kier alpha value is -1.09. The molecule has 1 aliphatic rings. The van der Waals surface area contributed by atoms with Crippen LogP contribution >= 0.6 is 0 Å². The molecule has 1 aliphatic heterocycles. The van der Waals surface area contributed by atoms with Crippen LogP contribution in [0.2, 0.25) is 0 Å². The number of piperidine rings is 1. The van der Waals surface area contributed by atoms with Crippen molar-refractivity contribution in [1.29, 1.82) is 0 Å². The van der Waals surface area contributed by atoms with E-state index in [4.69, 9.17) is 0 Å². The van der Waals surface area contributed by atoms with Gasteiger partial charge in [-0.3, -0.25) is 4.98 Å². The Morgan fingerprint density at radius 1 is 1.39 bits per heavy atom. The van der Waals surface area contributed by atoms with Crippen molar-refractivity contribution in [1.82, 2.24) is 10.3 Å². The van der Waals surface area contributed by atoms with Gasteiger partial charge < -0.3 is 10.2 Å². The minimum absolute atomic E-state index is 0.821. The summed E-state index contributed by atoms with van der Waals surface area (Å²) in [7, 11) is 1.99. The summed E-state index contributed by atoms with van der Waals surface area (Å²) in [5.74, 6) is 1.72. The number of hydrogen-bond acceptors (Lipinski definition) is 3. The van der Waals surface area contributed by atoms with Crippen LogP contribution in [0.25, 0.3) is 0 Å². The van der Waals surface area contributed by atoms with Crippen LogP contribution in [0, 0.1) is 11.8 Å². The van der Waals surface area contributed by atoms with E-state index in [1.165, 1.54) is 37.2 Å². The van der Waals surface area contributed by atoms with Crippen LogP contribution in [-0.4, -0.2) is 25.1 Å². The van der Waals surface area contributed by atoms with E-state index in [1.54, 1.807) is 0 Å². The third-order valence-corrected chi connectivity index (χ3v) is 4.07. The van der Waals surface area contributed by atoms with E-state index in [0.29, 0.717) is 0 Å². The van der Waals surface area contributed by atoms with Gasteiger partial charge in [0.05, 0.1) is 0 Å². The largest absolute Gasteiger partial charge is 0.371 e. The molecule has 0 aliphatic carbocycles. The maximum Gasteiger partial charge on any atom is 0.0442 e. The molecule has 0 saturated carbocycles. The monoisotopic (exact) mass is 247 g/mol. The second kappa shape index (κ2) is 6.19. The summed E-state index contributed by atoms with van der Waals surface area (Å²) < 4.78 is 0. The topological polar surface area (TPSA) is 28.2 Å². The Morgan fingerprint density at radius 3 is 2.72 bits per heavy atom. The summed E-state index contributed by atoms with van der Waals surface area (Å²) in [6.45, 7) is 7.96. The zero-order chi connectivity index (χ0) is 13.0. The molecule has 3 heteroatoms. The fourth-order valence-corrected chi connectivity index (χ4v) is 2.86. The van der Waals surface area contributed by atoms with Crippen molar-refractivity contribution in [3.8, 4) is 0 Å². The molecule has 0 atom stereocenters. The van der Waals surface area contributed by atoms with Crippen molar-refractivity contribution in [2.45, 2.75) is 33.2 Å². The highest BCUT2D eigenvalue weighted by Crippen LogP contribution is 2.29. The van der Waals surface area contributed by atoms with Crippen LogP contribution in [-0.2, 0) is 6.54 Å². The SMILES string of the molecule is CNCc1cnccc1N1CCC(C(C)C)CC1. The van der Waals surface area contributed by atoms with Gasteiger partial charge in [0.2, 0.25) is 0 Å². The lowest BCUT2D eigenvalue weighted by molar-refractivity contribution is 0.311. The van der Waals surface area contributed by atoms with Crippen molar-refractivity contribution in [2.75, 3.05) is 25.0 Å². The van der Waals surface area contributed by atoms with Crippen molar-refractivity contribution in [2.24, 2.45) is 11.8 Å². The van der Waals surface area contributed by atoms with Gasteiger partial charge in [-0.15, -0.1) is 0 Å². The summed E-state index contributed by atoms with van der Waals surface area (Å²) in [6, 6.07) is 2.16. The first-order valence-corrected chi connectivity index (χ1v) is 7.04. The fraction of sp³-hybridized carbons (Fsp3) is 0.667. The first kappa shape index (κ1) is 13.3. The standard InChI is InChI=1S/C15H25N3/c1-12(2)13-5-8-18(9-6-13)15-4-7-17-11-14(15)10-16-3/h4,7,11-13,16H,5-6,8-10H2,1-3H3. The molecule has 2 heterocycles. The van der Waals surface area contributed by atoms with Crippen molar-refractivity contribution < 1.29 is 0 Å². The van der Waals surface area contributed by atoms with Crippen molar-refractivity contribution in [3.05, 3.63) is 24.0 Å². The van der Waals surface area contributed by atoms with E-state index in [9.17, 15) is 0 Å². The van der Waals surface area contributed by atoms with Gasteiger partial charge in [0.25, 0.3) is 0 Å². The molecule has 18 heavy (non-hydrogen) atoms. The number of aromatic nitrogens is 1. The van der Waals surface area contributed by atoms with Crippen LogP contribution in [0.3, 0.4) is 0 Å². The highest BCUT2D eigenvalue weighted by Gasteiger charge is 2.22. The maximum absolute atomic E-state index is 4.24. The van der Waals surface area contributed by atoms with Crippen LogP contribution in [0.15, 0.2) is 18.5 Å². The first-order chi connectivity index (χ1) is 8.72. The number of pyridine rings is 1. The van der Waals surface area contributed by atoms with Crippen LogP contribution in [0.1, 0.15) is 32.3 Å². The van der Waals surface area contributed by atoms with Gasteiger partial charge in [-0.05, 0) is 37.8 Å². The molecule has 3 nitrogen and oxygen atoms in total. The van der Waals surface area contributed by atoms with Gasteiger partial charge in [-0.1, -0.05) is 13.8 Å². The molecule has 0 amide bonds. The quantitative estimate of drug-likeness (QED) is 0.886. The highest BCUT2D eigenvalue weighted by molar-refractivity contribution is 5.52. The van der Waals surface area contributed by atoms with Crippen LogP contribution in [0.4, 0.5) is 5.69 Å². The molecular formula is C15H25N3. The van der Waals surface area contributed by atoms with Gasteiger partial charge in [-0.2, -0.15) is 0 Å². The third-order valence-electron chi connectivity index (χ3n) is 4.07. The lowest BCUT2D eigenvalue weighted by Crippen LogP contribution is -2.36. The van der Waals surface area contributed by atoms with E-state index in [1.807, 2.05) is 19.4 Å². The molecule has 1 aromatic rings. The summed E-state index contributed by atoms with van der Waals surface area (Å²) in [5, 5.41) is 3.22. The lowest BCUT2D eigenvalue weighted by atomic mass is 9.86. The van der Waals surface area contributed by atoms with Gasteiger partial charge >= 0.3 is 0 Å². The molecule has 1 N–H and O–H groups in total. The van der Waals surface area contributed by atoms with E-state index >= 15 is 0 Å². The predicted octanol–water partition coefficient (Wildman–Crippen LogP) is 2.67. The van der Waals surface area contributed by atoms with E-state index in [2.05, 4.69) is 35.1 Å². The molecular weight excluding hydrogens is 222 g/mol. The average molecular weight is 247 g/mol. The molecule has 0 unspecified atom stereocenters. The minimum atomic E-state index is 0.821. The van der Waals surface area contributed by atoms with Gasteiger partial charge in [0, 0.05) is 43.3 Å². The molecule has 1 fully saturated rings. The van der Waals surface area contributed by atoms with Crippen molar-refractivity contribution in [3.63, 3.8) is 0 Å². The molecule has 0 bridgehead atoms. The van der Waals surface area contributed by atoms with Gasteiger partial charge in [0.1, 0.15) is 0 Å². The normalized spacial score (nSPS) is 17.4. The predicted molar refractivity (Wildman–Crippen MR) is 76.8 cm³/mol. The summed E-state index contributed by atoms with van der Waals surface area (Å²) >= 11 is 0. The van der Waals surface area contributed by atoms with E-state index < -0.39 is 0 Å². The molecule has 100 valence electrons. The second-order valence-electron chi connectivity index (χ2n) is 5.60. The minimum Gasteiger partial charge on any atom is -0.371 e.